The van der Waals surface area contributed by atoms with Gasteiger partial charge in [0.05, 0.1) is 25.0 Å². The Morgan fingerprint density at radius 2 is 2.16 bits per heavy atom. The van der Waals surface area contributed by atoms with Gasteiger partial charge >= 0.3 is 0 Å². The molecule has 3 nitrogen and oxygen atoms in total. The summed E-state index contributed by atoms with van der Waals surface area (Å²) in [6.07, 6.45) is 2.96. The maximum Gasteiger partial charge on any atom is 0.213 e. The number of nitrogens with one attached hydrogen (secondary N) is 1. The summed E-state index contributed by atoms with van der Waals surface area (Å²) >= 11 is 1.93. The molecule has 19 heavy (non-hydrogen) atoms. The van der Waals surface area contributed by atoms with Gasteiger partial charge in [-0.15, -0.1) is 11.8 Å². The first-order chi connectivity index (χ1) is 9.36. The van der Waals surface area contributed by atoms with E-state index in [4.69, 9.17) is 4.74 Å². The third-order valence-electron chi connectivity index (χ3n) is 3.24. The molecule has 0 saturated carbocycles. The Kier molecular flexibility index (Phi) is 3.60. The topological polar surface area (TPSA) is 34.1 Å². The number of thioether (sulfide) groups is 1. The second kappa shape index (κ2) is 5.53. The van der Waals surface area contributed by atoms with Gasteiger partial charge in [-0.2, -0.15) is 0 Å². The van der Waals surface area contributed by atoms with Crippen molar-refractivity contribution in [3.63, 3.8) is 0 Å². The summed E-state index contributed by atoms with van der Waals surface area (Å²) in [5.74, 6) is 1.79. The number of hydrogen-bond acceptors (Lipinski definition) is 4. The summed E-state index contributed by atoms with van der Waals surface area (Å²) < 4.78 is 5.07. The van der Waals surface area contributed by atoms with Crippen molar-refractivity contribution in [3.05, 3.63) is 48.2 Å². The Morgan fingerprint density at radius 1 is 1.26 bits per heavy atom. The normalized spacial score (nSPS) is 17.6. The quantitative estimate of drug-likeness (QED) is 0.923. The van der Waals surface area contributed by atoms with Crippen LogP contribution >= 0.6 is 11.8 Å². The Labute approximate surface area is 117 Å². The van der Waals surface area contributed by atoms with Crippen molar-refractivity contribution in [1.29, 1.82) is 0 Å². The van der Waals surface area contributed by atoms with Crippen LogP contribution in [0.4, 0.5) is 5.69 Å². The van der Waals surface area contributed by atoms with Crippen LogP contribution in [0.15, 0.2) is 47.5 Å². The number of aromatic nitrogens is 1. The van der Waals surface area contributed by atoms with Crippen molar-refractivity contribution in [2.24, 2.45) is 0 Å². The molecule has 2 aromatic rings. The molecular formula is C15H16N2OS. The molecule has 0 aliphatic carbocycles. The molecule has 98 valence electrons. The van der Waals surface area contributed by atoms with E-state index in [2.05, 4.69) is 34.6 Å². The van der Waals surface area contributed by atoms with Crippen LogP contribution in [-0.4, -0.2) is 17.8 Å². The van der Waals surface area contributed by atoms with E-state index in [0.717, 1.165) is 17.9 Å². The van der Waals surface area contributed by atoms with Crippen LogP contribution in [0.25, 0.3) is 0 Å². The first-order valence-electron chi connectivity index (χ1n) is 6.35. The summed E-state index contributed by atoms with van der Waals surface area (Å²) in [6.45, 7) is 0. The molecule has 0 spiro atoms. The fourth-order valence-corrected chi connectivity index (χ4v) is 3.40. The SMILES string of the molecule is COc1ccc(NC2CCSc3ccccc32)cn1. The molecule has 0 saturated heterocycles. The zero-order valence-corrected chi connectivity index (χ0v) is 11.6. The summed E-state index contributed by atoms with van der Waals surface area (Å²) in [5.41, 5.74) is 2.42. The van der Waals surface area contributed by atoms with E-state index >= 15 is 0 Å². The molecule has 0 amide bonds. The summed E-state index contributed by atoms with van der Waals surface area (Å²) in [6, 6.07) is 12.9. The molecule has 1 N–H and O–H groups in total. The molecule has 0 fully saturated rings. The number of ether oxygens (including phenoxy) is 1. The molecule has 3 rings (SSSR count). The van der Waals surface area contributed by atoms with Crippen LogP contribution < -0.4 is 10.1 Å². The molecule has 0 bridgehead atoms. The summed E-state index contributed by atoms with van der Waals surface area (Å²) in [7, 11) is 1.63. The van der Waals surface area contributed by atoms with Crippen molar-refractivity contribution in [2.75, 3.05) is 18.2 Å². The van der Waals surface area contributed by atoms with E-state index in [1.165, 1.54) is 10.5 Å². The molecule has 1 aromatic carbocycles. The fourth-order valence-electron chi connectivity index (χ4n) is 2.28. The lowest BCUT2D eigenvalue weighted by Gasteiger charge is -2.26. The van der Waals surface area contributed by atoms with Crippen molar-refractivity contribution < 1.29 is 4.74 Å². The Bertz CT molecular complexity index is 556. The van der Waals surface area contributed by atoms with Gasteiger partial charge in [-0.25, -0.2) is 4.98 Å². The molecule has 1 atom stereocenters. The third-order valence-corrected chi connectivity index (χ3v) is 4.37. The fraction of sp³-hybridized carbons (Fsp3) is 0.267. The minimum atomic E-state index is 0.368. The van der Waals surface area contributed by atoms with Gasteiger partial charge in [0.1, 0.15) is 0 Å². The average Bonchev–Trinajstić information content (AvgIpc) is 2.48. The number of nitrogens with zero attached hydrogens (tertiary/aromatic N) is 1. The van der Waals surface area contributed by atoms with E-state index in [1.807, 2.05) is 30.1 Å². The predicted octanol–water partition coefficient (Wildman–Crippen LogP) is 3.74. The molecule has 1 unspecified atom stereocenters. The lowest BCUT2D eigenvalue weighted by molar-refractivity contribution is 0.398. The molecular weight excluding hydrogens is 256 g/mol. The monoisotopic (exact) mass is 272 g/mol. The van der Waals surface area contributed by atoms with E-state index in [-0.39, 0.29) is 0 Å². The number of anilines is 1. The van der Waals surface area contributed by atoms with Gasteiger partial charge < -0.3 is 10.1 Å². The molecule has 0 radical (unpaired) electrons. The van der Waals surface area contributed by atoms with Crippen LogP contribution in [0.3, 0.4) is 0 Å². The van der Waals surface area contributed by atoms with E-state index < -0.39 is 0 Å². The van der Waals surface area contributed by atoms with E-state index in [0.29, 0.717) is 11.9 Å². The number of rotatable bonds is 3. The largest absolute Gasteiger partial charge is 0.481 e. The maximum atomic E-state index is 5.07. The van der Waals surface area contributed by atoms with Crippen LogP contribution in [0.5, 0.6) is 5.88 Å². The molecule has 4 heteroatoms. The smallest absolute Gasteiger partial charge is 0.213 e. The Balaban J connectivity index is 1.80. The zero-order chi connectivity index (χ0) is 13.1. The Hall–Kier alpha value is -1.68. The highest BCUT2D eigenvalue weighted by atomic mass is 32.2. The second-order valence-electron chi connectivity index (χ2n) is 4.46. The van der Waals surface area contributed by atoms with Gasteiger partial charge in [0.25, 0.3) is 0 Å². The van der Waals surface area contributed by atoms with Gasteiger partial charge in [-0.1, -0.05) is 18.2 Å². The minimum Gasteiger partial charge on any atom is -0.481 e. The van der Waals surface area contributed by atoms with Gasteiger partial charge in [0, 0.05) is 16.7 Å². The summed E-state index contributed by atoms with van der Waals surface area (Å²) in [5, 5.41) is 3.56. The van der Waals surface area contributed by atoms with Gasteiger partial charge in [-0.05, 0) is 24.1 Å². The molecule has 2 heterocycles. The highest BCUT2D eigenvalue weighted by molar-refractivity contribution is 7.99. The second-order valence-corrected chi connectivity index (χ2v) is 5.60. The Morgan fingerprint density at radius 3 is 2.95 bits per heavy atom. The highest BCUT2D eigenvalue weighted by Gasteiger charge is 2.19. The summed E-state index contributed by atoms with van der Waals surface area (Å²) in [4.78, 5) is 5.61. The zero-order valence-electron chi connectivity index (χ0n) is 10.8. The standard InChI is InChI=1S/C15H16N2OS/c1-18-15-7-6-11(10-16-15)17-13-8-9-19-14-5-3-2-4-12(13)14/h2-7,10,13,17H,8-9H2,1H3. The highest BCUT2D eigenvalue weighted by Crippen LogP contribution is 2.37. The third kappa shape index (κ3) is 2.68. The van der Waals surface area contributed by atoms with Gasteiger partial charge in [0.2, 0.25) is 5.88 Å². The lowest BCUT2D eigenvalue weighted by atomic mass is 10.0. The number of benzene rings is 1. The number of hydrogen-bond donors (Lipinski definition) is 1. The average molecular weight is 272 g/mol. The van der Waals surface area contributed by atoms with Crippen molar-refractivity contribution >= 4 is 17.4 Å². The van der Waals surface area contributed by atoms with Crippen LogP contribution in [0.2, 0.25) is 0 Å². The van der Waals surface area contributed by atoms with Crippen LogP contribution in [-0.2, 0) is 0 Å². The number of fused-ring (bicyclic) bond motifs is 1. The van der Waals surface area contributed by atoms with E-state index in [9.17, 15) is 0 Å². The van der Waals surface area contributed by atoms with Crippen molar-refractivity contribution in [2.45, 2.75) is 17.4 Å². The predicted molar refractivity (Wildman–Crippen MR) is 78.9 cm³/mol. The van der Waals surface area contributed by atoms with Gasteiger partial charge in [0.15, 0.2) is 0 Å². The van der Waals surface area contributed by atoms with Crippen molar-refractivity contribution in [3.8, 4) is 5.88 Å². The maximum absolute atomic E-state index is 5.07. The first kappa shape index (κ1) is 12.4. The number of methoxy groups -OCH3 is 1. The molecule has 1 aromatic heterocycles. The van der Waals surface area contributed by atoms with Crippen molar-refractivity contribution in [1.82, 2.24) is 4.98 Å². The van der Waals surface area contributed by atoms with E-state index in [1.54, 1.807) is 7.11 Å². The molecule has 1 aliphatic rings. The number of pyridine rings is 1. The van der Waals surface area contributed by atoms with Crippen LogP contribution in [0, 0.1) is 0 Å². The molecule has 1 aliphatic heterocycles. The minimum absolute atomic E-state index is 0.368. The van der Waals surface area contributed by atoms with Gasteiger partial charge in [-0.3, -0.25) is 0 Å². The first-order valence-corrected chi connectivity index (χ1v) is 7.33. The van der Waals surface area contributed by atoms with Crippen LogP contribution in [0.1, 0.15) is 18.0 Å². The lowest BCUT2D eigenvalue weighted by Crippen LogP contribution is -2.16.